The van der Waals surface area contributed by atoms with Crippen LogP contribution in [0.3, 0.4) is 0 Å². The third-order valence-electron chi connectivity index (χ3n) is 8.97. The number of rotatable bonds is 7. The molecule has 4 fully saturated rings. The number of methoxy groups -OCH3 is 1. The Bertz CT molecular complexity index is 1100. The van der Waals surface area contributed by atoms with Gasteiger partial charge in [-0.1, -0.05) is 19.8 Å². The Hall–Kier alpha value is -2.43. The maximum Gasteiger partial charge on any atom is 0.149 e. The second-order valence-corrected chi connectivity index (χ2v) is 11.6. The van der Waals surface area contributed by atoms with E-state index >= 15 is 8.78 Å². The summed E-state index contributed by atoms with van der Waals surface area (Å²) in [6.07, 6.45) is 11.0. The van der Waals surface area contributed by atoms with Crippen molar-refractivity contribution >= 4 is 11.4 Å². The summed E-state index contributed by atoms with van der Waals surface area (Å²) in [4.78, 5) is 5.00. The van der Waals surface area contributed by atoms with Gasteiger partial charge in [0, 0.05) is 16.7 Å². The summed E-state index contributed by atoms with van der Waals surface area (Å²) >= 11 is 0. The molecule has 3 nitrogen and oxygen atoms in total. The Balaban J connectivity index is 1.33. The summed E-state index contributed by atoms with van der Waals surface area (Å²) in [5.74, 6) is 1.91. The number of fused-ring (bicyclic) bond motifs is 1. The van der Waals surface area contributed by atoms with Crippen molar-refractivity contribution in [1.29, 1.82) is 0 Å². The van der Waals surface area contributed by atoms with Gasteiger partial charge in [-0.2, -0.15) is 0 Å². The van der Waals surface area contributed by atoms with Gasteiger partial charge < -0.3 is 10.1 Å². The number of nitrogens with zero attached hydrogens (tertiary/aromatic N) is 1. The van der Waals surface area contributed by atoms with Crippen LogP contribution in [0.15, 0.2) is 35.3 Å². The number of anilines is 1. The molecule has 1 atom stereocenters. The van der Waals surface area contributed by atoms with Crippen molar-refractivity contribution in [1.82, 2.24) is 0 Å². The number of hydrogen-bond acceptors (Lipinski definition) is 3. The monoisotopic (exact) mass is 478 g/mol. The summed E-state index contributed by atoms with van der Waals surface area (Å²) < 4.78 is 36.6. The fourth-order valence-electron chi connectivity index (χ4n) is 7.84. The molecule has 0 saturated heterocycles. The normalized spacial score (nSPS) is 30.7. The molecular weight excluding hydrogens is 442 g/mol. The second-order valence-electron chi connectivity index (χ2n) is 11.6. The highest BCUT2D eigenvalue weighted by molar-refractivity contribution is 6.14. The van der Waals surface area contributed by atoms with Crippen LogP contribution in [-0.2, 0) is 6.42 Å². The zero-order valence-electron chi connectivity index (χ0n) is 20.9. The zero-order chi connectivity index (χ0) is 24.2. The lowest BCUT2D eigenvalue weighted by Crippen LogP contribution is -2.55. The number of halogens is 2. The summed E-state index contributed by atoms with van der Waals surface area (Å²) in [6, 6.07) is 9.00. The van der Waals surface area contributed by atoms with Gasteiger partial charge in [0.2, 0.25) is 0 Å². The Morgan fingerprint density at radius 1 is 1.00 bits per heavy atom. The fourth-order valence-corrected chi connectivity index (χ4v) is 7.84. The fraction of sp³-hybridized carbons (Fsp3) is 0.567. The topological polar surface area (TPSA) is 33.6 Å². The smallest absolute Gasteiger partial charge is 0.149 e. The number of aliphatic imine (C=N–C) groups is 1. The lowest BCUT2D eigenvalue weighted by molar-refractivity contribution is 0.0104. The van der Waals surface area contributed by atoms with Crippen LogP contribution in [0.4, 0.5) is 14.5 Å². The highest BCUT2D eigenvalue weighted by Gasteiger charge is 2.51. The maximum absolute atomic E-state index is 15.6. The molecule has 2 aromatic carbocycles. The van der Waals surface area contributed by atoms with Gasteiger partial charge in [0.15, 0.2) is 0 Å². The van der Waals surface area contributed by atoms with Gasteiger partial charge in [0.05, 0.1) is 18.9 Å². The Kier molecular flexibility index (Phi) is 5.85. The summed E-state index contributed by atoms with van der Waals surface area (Å²) in [6.45, 7) is 2.17. The van der Waals surface area contributed by atoms with Gasteiger partial charge in [-0.15, -0.1) is 0 Å². The van der Waals surface area contributed by atoms with E-state index < -0.39 is 11.6 Å². The first-order valence-electron chi connectivity index (χ1n) is 13.5. The van der Waals surface area contributed by atoms with Gasteiger partial charge in [-0.3, -0.25) is 4.99 Å². The predicted molar refractivity (Wildman–Crippen MR) is 137 cm³/mol. The number of ether oxygens (including phenoxy) is 1. The SMILES string of the molecule is CCCC[C@H]1Cc2cc(OC)ccc2C(c2cc(F)c(NC34CC5CC(CC(C5)C3)C4)c(F)c2)=N1. The predicted octanol–water partition coefficient (Wildman–Crippen LogP) is 7.31. The van der Waals surface area contributed by atoms with Crippen molar-refractivity contribution in [3.8, 4) is 5.75 Å². The van der Waals surface area contributed by atoms with Gasteiger partial charge in [0.1, 0.15) is 23.1 Å². The van der Waals surface area contributed by atoms with Crippen LogP contribution in [0.5, 0.6) is 5.75 Å². The molecule has 1 N–H and O–H groups in total. The van der Waals surface area contributed by atoms with Crippen LogP contribution in [0.2, 0.25) is 0 Å². The molecule has 5 aliphatic rings. The third kappa shape index (κ3) is 4.25. The standard InChI is InChI=1S/C30H36F2N2O/c1-3-4-5-23-11-21-12-24(35-2)6-7-25(21)28(33-23)22-13-26(31)29(27(32)14-22)34-30-15-18-8-19(16-30)10-20(9-18)17-30/h6-7,12-14,18-20,23,34H,3-5,8-11,15-17H2,1-2H3/t18?,19?,20?,23-,30?/m0/s1. The molecule has 0 unspecified atom stereocenters. The third-order valence-corrected chi connectivity index (χ3v) is 8.97. The Labute approximate surface area is 207 Å². The van der Waals surface area contributed by atoms with Crippen molar-refractivity contribution in [3.05, 3.63) is 58.7 Å². The van der Waals surface area contributed by atoms with Crippen LogP contribution in [0.25, 0.3) is 0 Å². The maximum atomic E-state index is 15.6. The van der Waals surface area contributed by atoms with E-state index in [0.717, 1.165) is 61.8 Å². The molecule has 0 spiro atoms. The van der Waals surface area contributed by atoms with E-state index in [2.05, 4.69) is 12.2 Å². The number of unbranched alkanes of at least 4 members (excludes halogenated alkanes) is 1. The van der Waals surface area contributed by atoms with Crippen molar-refractivity contribution < 1.29 is 13.5 Å². The molecule has 4 aliphatic carbocycles. The lowest BCUT2D eigenvalue weighted by atomic mass is 9.53. The Morgan fingerprint density at radius 2 is 1.66 bits per heavy atom. The van der Waals surface area contributed by atoms with E-state index in [1.165, 1.54) is 31.4 Å². The van der Waals surface area contributed by atoms with Gasteiger partial charge >= 0.3 is 0 Å². The molecule has 2 aromatic rings. The quantitative estimate of drug-likeness (QED) is 0.453. The molecule has 0 radical (unpaired) electrons. The van der Waals surface area contributed by atoms with Crippen molar-refractivity contribution in [2.24, 2.45) is 22.7 Å². The van der Waals surface area contributed by atoms with Crippen molar-refractivity contribution in [2.45, 2.75) is 82.7 Å². The van der Waals surface area contributed by atoms with Crippen LogP contribution < -0.4 is 10.1 Å². The molecule has 186 valence electrons. The van der Waals surface area contributed by atoms with Crippen LogP contribution >= 0.6 is 0 Å². The van der Waals surface area contributed by atoms with Crippen molar-refractivity contribution in [2.75, 3.05) is 12.4 Å². The lowest BCUT2D eigenvalue weighted by Gasteiger charge is -2.57. The average Bonchev–Trinajstić information content (AvgIpc) is 2.83. The van der Waals surface area contributed by atoms with Gasteiger partial charge in [-0.05, 0) is 105 Å². The second kappa shape index (κ2) is 8.90. The first kappa shape index (κ1) is 23.0. The molecule has 7 rings (SSSR count). The summed E-state index contributed by atoms with van der Waals surface area (Å²) in [7, 11) is 1.66. The highest BCUT2D eigenvalue weighted by Crippen LogP contribution is 2.56. The molecule has 1 aliphatic heterocycles. The molecule has 4 bridgehead atoms. The average molecular weight is 479 g/mol. The van der Waals surface area contributed by atoms with E-state index in [-0.39, 0.29) is 17.3 Å². The molecule has 1 heterocycles. The number of benzene rings is 2. The summed E-state index contributed by atoms with van der Waals surface area (Å²) in [5, 5.41) is 3.42. The Morgan fingerprint density at radius 3 is 2.26 bits per heavy atom. The number of nitrogens with one attached hydrogen (secondary N) is 1. The molecule has 4 saturated carbocycles. The van der Waals surface area contributed by atoms with Gasteiger partial charge in [0.25, 0.3) is 0 Å². The largest absolute Gasteiger partial charge is 0.497 e. The minimum atomic E-state index is -0.510. The molecule has 0 aromatic heterocycles. The number of hydrogen-bond donors (Lipinski definition) is 1. The van der Waals surface area contributed by atoms with Crippen LogP contribution in [0, 0.1) is 29.4 Å². The zero-order valence-corrected chi connectivity index (χ0v) is 20.9. The van der Waals surface area contributed by atoms with E-state index in [9.17, 15) is 0 Å². The van der Waals surface area contributed by atoms with Crippen LogP contribution in [-0.4, -0.2) is 24.4 Å². The van der Waals surface area contributed by atoms with Gasteiger partial charge in [-0.25, -0.2) is 8.78 Å². The highest BCUT2D eigenvalue weighted by atomic mass is 19.1. The van der Waals surface area contributed by atoms with E-state index in [1.807, 2.05) is 18.2 Å². The first-order chi connectivity index (χ1) is 16.9. The van der Waals surface area contributed by atoms with E-state index in [0.29, 0.717) is 29.0 Å². The molecular formula is C30H36F2N2O. The first-order valence-corrected chi connectivity index (χ1v) is 13.5. The minimum absolute atomic E-state index is 0.0459. The molecule has 5 heteroatoms. The minimum Gasteiger partial charge on any atom is -0.497 e. The molecule has 35 heavy (non-hydrogen) atoms. The summed E-state index contributed by atoms with van der Waals surface area (Å²) in [5.41, 5.74) is 3.18. The van der Waals surface area contributed by atoms with Crippen molar-refractivity contribution in [3.63, 3.8) is 0 Å². The molecule has 0 amide bonds. The van der Waals surface area contributed by atoms with E-state index in [4.69, 9.17) is 9.73 Å². The van der Waals surface area contributed by atoms with E-state index in [1.54, 1.807) is 7.11 Å². The van der Waals surface area contributed by atoms with Crippen LogP contribution in [0.1, 0.15) is 81.4 Å².